The summed E-state index contributed by atoms with van der Waals surface area (Å²) in [5, 5.41) is 0. The Morgan fingerprint density at radius 3 is 1.36 bits per heavy atom. The van der Waals surface area contributed by atoms with E-state index in [1.165, 1.54) is 0 Å². The fourth-order valence-electron chi connectivity index (χ4n) is 2.46. The Hall–Kier alpha value is -1.38. The summed E-state index contributed by atoms with van der Waals surface area (Å²) in [5.41, 5.74) is 1.84. The van der Waals surface area contributed by atoms with Crippen molar-refractivity contribution in [3.05, 3.63) is 23.3 Å². The number of fused-ring (bicyclic) bond motifs is 2. The van der Waals surface area contributed by atoms with E-state index in [1.807, 2.05) is 12.1 Å². The van der Waals surface area contributed by atoms with E-state index in [0.717, 1.165) is 22.6 Å². The van der Waals surface area contributed by atoms with Crippen molar-refractivity contribution in [1.82, 2.24) is 0 Å². The van der Waals surface area contributed by atoms with E-state index in [4.69, 9.17) is 33.2 Å². The Labute approximate surface area is 149 Å². The minimum Gasteiger partial charge on any atom is -0.497 e. The molecular formula is C18H28O7. The van der Waals surface area contributed by atoms with E-state index in [-0.39, 0.29) is 0 Å². The fraction of sp³-hybridized carbons (Fsp3) is 0.667. The molecule has 142 valence electrons. The molecule has 25 heavy (non-hydrogen) atoms. The average molecular weight is 356 g/mol. The quantitative estimate of drug-likeness (QED) is 0.800. The highest BCUT2D eigenvalue weighted by Crippen LogP contribution is 2.30. The zero-order chi connectivity index (χ0) is 17.7. The van der Waals surface area contributed by atoms with Gasteiger partial charge in [-0.1, -0.05) is 0 Å². The zero-order valence-corrected chi connectivity index (χ0v) is 15.1. The highest BCUT2D eigenvalue weighted by Gasteiger charge is 2.13. The molecule has 1 aromatic rings. The molecule has 7 heteroatoms. The number of rotatable bonds is 2. The molecular weight excluding hydrogens is 328 g/mol. The summed E-state index contributed by atoms with van der Waals surface area (Å²) < 4.78 is 38.7. The van der Waals surface area contributed by atoms with E-state index >= 15 is 0 Å². The van der Waals surface area contributed by atoms with Gasteiger partial charge in [0.1, 0.15) is 11.5 Å². The van der Waals surface area contributed by atoms with Crippen LogP contribution in [0.4, 0.5) is 0 Å². The molecule has 1 heterocycles. The van der Waals surface area contributed by atoms with Crippen molar-refractivity contribution in [1.29, 1.82) is 0 Å². The molecule has 1 aliphatic heterocycles. The summed E-state index contributed by atoms with van der Waals surface area (Å²) in [5.74, 6) is 1.51. The van der Waals surface area contributed by atoms with Gasteiger partial charge in [0.25, 0.3) is 0 Å². The van der Waals surface area contributed by atoms with Gasteiger partial charge in [0.2, 0.25) is 0 Å². The van der Waals surface area contributed by atoms with Crippen LogP contribution in [0.25, 0.3) is 0 Å². The van der Waals surface area contributed by atoms with Crippen molar-refractivity contribution in [2.45, 2.75) is 13.2 Å². The van der Waals surface area contributed by atoms with E-state index in [9.17, 15) is 0 Å². The SMILES string of the molecule is COc1cc2c(OC)c(c1)COCCOCCOCCOCCOC2. The van der Waals surface area contributed by atoms with Crippen LogP contribution in [0.15, 0.2) is 12.1 Å². The van der Waals surface area contributed by atoms with Crippen LogP contribution in [0.1, 0.15) is 11.1 Å². The molecule has 0 aromatic heterocycles. The molecule has 0 fully saturated rings. The van der Waals surface area contributed by atoms with Crippen molar-refractivity contribution < 1.29 is 33.2 Å². The molecule has 0 radical (unpaired) electrons. The van der Waals surface area contributed by atoms with Crippen LogP contribution in [0.2, 0.25) is 0 Å². The minimum absolute atomic E-state index is 0.413. The van der Waals surface area contributed by atoms with Crippen molar-refractivity contribution >= 4 is 0 Å². The van der Waals surface area contributed by atoms with Gasteiger partial charge in [-0.15, -0.1) is 0 Å². The third-order valence-electron chi connectivity index (χ3n) is 3.66. The van der Waals surface area contributed by atoms with E-state index < -0.39 is 0 Å². The molecule has 0 aliphatic carbocycles. The molecule has 7 nitrogen and oxygen atoms in total. The molecule has 2 rings (SSSR count). The number of hydrogen-bond acceptors (Lipinski definition) is 7. The van der Waals surface area contributed by atoms with E-state index in [1.54, 1.807) is 14.2 Å². The Morgan fingerprint density at radius 1 is 0.600 bits per heavy atom. The fourth-order valence-corrected chi connectivity index (χ4v) is 2.46. The second-order valence-electron chi connectivity index (χ2n) is 5.42. The summed E-state index contributed by atoms with van der Waals surface area (Å²) >= 11 is 0. The average Bonchev–Trinajstić information content (AvgIpc) is 2.63. The monoisotopic (exact) mass is 356 g/mol. The third-order valence-corrected chi connectivity index (χ3v) is 3.66. The molecule has 1 aliphatic rings. The first-order chi connectivity index (χ1) is 12.3. The Bertz CT molecular complexity index is 455. The number of benzene rings is 1. The molecule has 0 N–H and O–H groups in total. The van der Waals surface area contributed by atoms with Crippen LogP contribution >= 0.6 is 0 Å². The minimum atomic E-state index is 0.413. The third kappa shape index (κ3) is 7.17. The van der Waals surface area contributed by atoms with Gasteiger partial charge < -0.3 is 33.2 Å². The van der Waals surface area contributed by atoms with Crippen LogP contribution in [-0.4, -0.2) is 67.1 Å². The molecule has 0 saturated carbocycles. The zero-order valence-electron chi connectivity index (χ0n) is 15.1. The summed E-state index contributed by atoms with van der Waals surface area (Å²) in [6, 6.07) is 3.83. The van der Waals surface area contributed by atoms with Crippen LogP contribution in [0, 0.1) is 0 Å². The maximum Gasteiger partial charge on any atom is 0.130 e. The first kappa shape index (κ1) is 19.9. The lowest BCUT2D eigenvalue weighted by atomic mass is 10.1. The van der Waals surface area contributed by atoms with Gasteiger partial charge in [0, 0.05) is 11.1 Å². The van der Waals surface area contributed by atoms with Crippen LogP contribution in [0.3, 0.4) is 0 Å². The number of ether oxygens (including phenoxy) is 7. The first-order valence-corrected chi connectivity index (χ1v) is 8.47. The predicted molar refractivity (Wildman–Crippen MR) is 91.3 cm³/mol. The lowest BCUT2D eigenvalue weighted by molar-refractivity contribution is -0.0148. The molecule has 0 unspecified atom stereocenters. The molecule has 0 atom stereocenters. The van der Waals surface area contributed by atoms with Gasteiger partial charge in [0.15, 0.2) is 0 Å². The lowest BCUT2D eigenvalue weighted by Gasteiger charge is -2.16. The van der Waals surface area contributed by atoms with Gasteiger partial charge >= 0.3 is 0 Å². The summed E-state index contributed by atoms with van der Waals surface area (Å²) in [7, 11) is 3.28. The topological polar surface area (TPSA) is 64.6 Å². The first-order valence-electron chi connectivity index (χ1n) is 8.47. The molecule has 0 spiro atoms. The highest BCUT2D eigenvalue weighted by molar-refractivity contribution is 5.47. The highest BCUT2D eigenvalue weighted by atomic mass is 16.6. The maximum atomic E-state index is 5.70. The van der Waals surface area contributed by atoms with Crippen molar-refractivity contribution in [2.75, 3.05) is 67.1 Å². The van der Waals surface area contributed by atoms with Crippen molar-refractivity contribution in [2.24, 2.45) is 0 Å². The largest absolute Gasteiger partial charge is 0.497 e. The second kappa shape index (κ2) is 12.1. The molecule has 0 amide bonds. The van der Waals surface area contributed by atoms with Gasteiger partial charge in [-0.25, -0.2) is 0 Å². The molecule has 1 aromatic carbocycles. The number of methoxy groups -OCH3 is 2. The predicted octanol–water partition coefficient (Wildman–Crippen LogP) is 1.80. The van der Waals surface area contributed by atoms with Gasteiger partial charge in [-0.3, -0.25) is 0 Å². The van der Waals surface area contributed by atoms with Crippen LogP contribution in [-0.2, 0) is 36.9 Å². The Morgan fingerprint density at radius 2 is 1.00 bits per heavy atom. The maximum absolute atomic E-state index is 5.70. The second-order valence-corrected chi connectivity index (χ2v) is 5.42. The van der Waals surface area contributed by atoms with Gasteiger partial charge in [-0.05, 0) is 12.1 Å². The van der Waals surface area contributed by atoms with Gasteiger partial charge in [0.05, 0.1) is 80.3 Å². The molecule has 2 bridgehead atoms. The number of hydrogen-bond donors (Lipinski definition) is 0. The lowest BCUT2D eigenvalue weighted by Crippen LogP contribution is -2.14. The van der Waals surface area contributed by atoms with E-state index in [2.05, 4.69) is 0 Å². The summed E-state index contributed by atoms with van der Waals surface area (Å²) in [6.45, 7) is 5.03. The Balaban J connectivity index is 2.04. The standard InChI is InChI=1S/C18H28O7/c1-19-17-11-15-13-24-9-7-22-5-3-21-4-6-23-8-10-25-14-16(12-17)18(15)20-2/h11-12H,3-10,13-14H2,1-2H3. The van der Waals surface area contributed by atoms with Crippen LogP contribution < -0.4 is 9.47 Å². The summed E-state index contributed by atoms with van der Waals surface area (Å²) in [4.78, 5) is 0. The molecule has 0 saturated heterocycles. The summed E-state index contributed by atoms with van der Waals surface area (Å²) in [6.07, 6.45) is 0. The van der Waals surface area contributed by atoms with Gasteiger partial charge in [-0.2, -0.15) is 0 Å². The van der Waals surface area contributed by atoms with Crippen molar-refractivity contribution in [3.63, 3.8) is 0 Å². The van der Waals surface area contributed by atoms with Crippen LogP contribution in [0.5, 0.6) is 11.5 Å². The normalized spacial score (nSPS) is 18.8. The Kier molecular flexibility index (Phi) is 9.61. The smallest absolute Gasteiger partial charge is 0.130 e. The van der Waals surface area contributed by atoms with Crippen molar-refractivity contribution in [3.8, 4) is 11.5 Å². The van der Waals surface area contributed by atoms with E-state index in [0.29, 0.717) is 66.1 Å².